The molecule has 1 heterocycles. The SMILES string of the molecule is Cc1cc(CC(=O)NC[C@@H](O)c2c(Cl)cccc2Cl)n[nH]1. The Kier molecular flexibility index (Phi) is 5.22. The Bertz CT molecular complexity index is 623. The second-order valence-electron chi connectivity index (χ2n) is 4.67. The Balaban J connectivity index is 1.91. The van der Waals surface area contributed by atoms with E-state index in [1.54, 1.807) is 24.3 Å². The van der Waals surface area contributed by atoms with Crippen LogP contribution in [0.15, 0.2) is 24.3 Å². The Hall–Kier alpha value is -1.56. The van der Waals surface area contributed by atoms with Crippen molar-refractivity contribution in [1.29, 1.82) is 0 Å². The van der Waals surface area contributed by atoms with Crippen molar-refractivity contribution in [2.45, 2.75) is 19.4 Å². The summed E-state index contributed by atoms with van der Waals surface area (Å²) < 4.78 is 0. The molecule has 2 aromatic rings. The van der Waals surface area contributed by atoms with Crippen molar-refractivity contribution in [2.75, 3.05) is 6.54 Å². The molecule has 0 spiro atoms. The van der Waals surface area contributed by atoms with Crippen LogP contribution in [-0.2, 0) is 11.2 Å². The van der Waals surface area contributed by atoms with E-state index in [4.69, 9.17) is 23.2 Å². The van der Waals surface area contributed by atoms with E-state index < -0.39 is 6.10 Å². The third-order valence-electron chi connectivity index (χ3n) is 2.93. The molecule has 1 atom stereocenters. The number of nitrogens with zero attached hydrogens (tertiary/aromatic N) is 1. The van der Waals surface area contributed by atoms with Gasteiger partial charge in [0, 0.05) is 27.8 Å². The minimum absolute atomic E-state index is 0.0334. The summed E-state index contributed by atoms with van der Waals surface area (Å²) in [4.78, 5) is 11.8. The first-order chi connectivity index (χ1) is 9.97. The summed E-state index contributed by atoms with van der Waals surface area (Å²) in [6.45, 7) is 1.89. The largest absolute Gasteiger partial charge is 0.386 e. The number of nitrogens with one attached hydrogen (secondary N) is 2. The van der Waals surface area contributed by atoms with Crippen LogP contribution < -0.4 is 5.32 Å². The molecule has 3 N–H and O–H groups in total. The molecule has 0 unspecified atom stereocenters. The molecular formula is C14H15Cl2N3O2. The normalized spacial score (nSPS) is 12.2. The first-order valence-electron chi connectivity index (χ1n) is 6.37. The van der Waals surface area contributed by atoms with Crippen molar-refractivity contribution in [1.82, 2.24) is 15.5 Å². The molecule has 7 heteroatoms. The summed E-state index contributed by atoms with van der Waals surface area (Å²) in [5.41, 5.74) is 1.95. The summed E-state index contributed by atoms with van der Waals surface area (Å²) >= 11 is 12.0. The van der Waals surface area contributed by atoms with Crippen molar-refractivity contribution in [3.63, 3.8) is 0 Å². The molecular weight excluding hydrogens is 313 g/mol. The van der Waals surface area contributed by atoms with Crippen LogP contribution in [0.5, 0.6) is 0 Å². The van der Waals surface area contributed by atoms with Gasteiger partial charge in [0.15, 0.2) is 0 Å². The number of aromatic amines is 1. The molecule has 0 saturated heterocycles. The van der Waals surface area contributed by atoms with Gasteiger partial charge in [-0.2, -0.15) is 5.10 Å². The van der Waals surface area contributed by atoms with E-state index >= 15 is 0 Å². The fourth-order valence-corrected chi connectivity index (χ4v) is 2.58. The fraction of sp³-hybridized carbons (Fsp3) is 0.286. The van der Waals surface area contributed by atoms with Crippen molar-refractivity contribution >= 4 is 29.1 Å². The smallest absolute Gasteiger partial charge is 0.226 e. The molecule has 1 aromatic carbocycles. The van der Waals surface area contributed by atoms with Crippen LogP contribution in [0.2, 0.25) is 10.0 Å². The van der Waals surface area contributed by atoms with Crippen molar-refractivity contribution in [3.05, 3.63) is 51.3 Å². The zero-order chi connectivity index (χ0) is 15.4. The number of aliphatic hydroxyl groups excluding tert-OH is 1. The zero-order valence-corrected chi connectivity index (χ0v) is 12.9. The highest BCUT2D eigenvalue weighted by Crippen LogP contribution is 2.29. The lowest BCUT2D eigenvalue weighted by atomic mass is 10.1. The predicted molar refractivity (Wildman–Crippen MR) is 81.5 cm³/mol. The van der Waals surface area contributed by atoms with Gasteiger partial charge in [-0.05, 0) is 25.1 Å². The molecule has 1 aromatic heterocycles. The van der Waals surface area contributed by atoms with Crippen molar-refractivity contribution < 1.29 is 9.90 Å². The van der Waals surface area contributed by atoms with Crippen molar-refractivity contribution in [2.24, 2.45) is 0 Å². The Morgan fingerprint density at radius 2 is 2.10 bits per heavy atom. The minimum atomic E-state index is -0.962. The van der Waals surface area contributed by atoms with E-state index in [-0.39, 0.29) is 18.9 Å². The van der Waals surface area contributed by atoms with Gasteiger partial charge in [0.05, 0.1) is 18.2 Å². The highest BCUT2D eigenvalue weighted by Gasteiger charge is 2.16. The number of amides is 1. The lowest BCUT2D eigenvalue weighted by molar-refractivity contribution is -0.120. The predicted octanol–water partition coefficient (Wildman–Crippen LogP) is 2.42. The molecule has 112 valence electrons. The maximum atomic E-state index is 11.8. The number of carbonyl (C=O) groups excluding carboxylic acids is 1. The van der Waals surface area contributed by atoms with Gasteiger partial charge < -0.3 is 10.4 Å². The maximum absolute atomic E-state index is 11.8. The van der Waals surface area contributed by atoms with E-state index in [1.807, 2.05) is 6.92 Å². The molecule has 5 nitrogen and oxygen atoms in total. The number of aromatic nitrogens is 2. The van der Waals surface area contributed by atoms with Gasteiger partial charge in [0.2, 0.25) is 5.91 Å². The summed E-state index contributed by atoms with van der Waals surface area (Å²) in [6, 6.07) is 6.76. The average Bonchev–Trinajstić information content (AvgIpc) is 2.81. The highest BCUT2D eigenvalue weighted by atomic mass is 35.5. The Morgan fingerprint density at radius 3 is 2.67 bits per heavy atom. The number of H-pyrrole nitrogens is 1. The molecule has 2 rings (SSSR count). The standard InChI is InChI=1S/C14H15Cl2N3O2/c1-8-5-9(19-18-8)6-13(21)17-7-12(20)14-10(15)3-2-4-11(14)16/h2-5,12,20H,6-7H2,1H3,(H,17,21)(H,18,19)/t12-/m1/s1. The number of rotatable bonds is 5. The van der Waals surface area contributed by atoms with E-state index in [1.165, 1.54) is 0 Å². The Labute approximate surface area is 132 Å². The topological polar surface area (TPSA) is 78.0 Å². The number of hydrogen-bond acceptors (Lipinski definition) is 3. The van der Waals surface area contributed by atoms with Crippen LogP contribution in [0.4, 0.5) is 0 Å². The highest BCUT2D eigenvalue weighted by molar-refractivity contribution is 6.36. The van der Waals surface area contributed by atoms with Crippen LogP contribution >= 0.6 is 23.2 Å². The fourth-order valence-electron chi connectivity index (χ4n) is 1.93. The first kappa shape index (κ1) is 15.8. The lowest BCUT2D eigenvalue weighted by Crippen LogP contribution is -2.30. The van der Waals surface area contributed by atoms with Crippen LogP contribution in [0, 0.1) is 6.92 Å². The second kappa shape index (κ2) is 6.93. The lowest BCUT2D eigenvalue weighted by Gasteiger charge is -2.15. The monoisotopic (exact) mass is 327 g/mol. The summed E-state index contributed by atoms with van der Waals surface area (Å²) in [6.07, 6.45) is -0.816. The van der Waals surface area contributed by atoms with Gasteiger partial charge in [-0.15, -0.1) is 0 Å². The quantitative estimate of drug-likeness (QED) is 0.789. The van der Waals surface area contributed by atoms with Gasteiger partial charge in [-0.3, -0.25) is 9.89 Å². The van der Waals surface area contributed by atoms with Gasteiger partial charge >= 0.3 is 0 Å². The van der Waals surface area contributed by atoms with Gasteiger partial charge in [0.1, 0.15) is 0 Å². The second-order valence-corrected chi connectivity index (χ2v) is 5.49. The third kappa shape index (κ3) is 4.20. The summed E-state index contributed by atoms with van der Waals surface area (Å²) in [7, 11) is 0. The van der Waals surface area contributed by atoms with Crippen molar-refractivity contribution in [3.8, 4) is 0 Å². The van der Waals surface area contributed by atoms with E-state index in [0.29, 0.717) is 21.3 Å². The summed E-state index contributed by atoms with van der Waals surface area (Å²) in [5, 5.41) is 20.2. The third-order valence-corrected chi connectivity index (χ3v) is 3.59. The first-order valence-corrected chi connectivity index (χ1v) is 7.12. The molecule has 0 aliphatic rings. The number of hydrogen-bond donors (Lipinski definition) is 3. The van der Waals surface area contributed by atoms with Gasteiger partial charge in [-0.1, -0.05) is 29.3 Å². The van der Waals surface area contributed by atoms with E-state index in [2.05, 4.69) is 15.5 Å². The molecule has 0 aliphatic carbocycles. The van der Waals surface area contributed by atoms with Gasteiger partial charge in [0.25, 0.3) is 0 Å². The van der Waals surface area contributed by atoms with E-state index in [9.17, 15) is 9.90 Å². The van der Waals surface area contributed by atoms with Crippen LogP contribution in [0.3, 0.4) is 0 Å². The zero-order valence-electron chi connectivity index (χ0n) is 11.4. The minimum Gasteiger partial charge on any atom is -0.386 e. The Morgan fingerprint density at radius 1 is 1.43 bits per heavy atom. The molecule has 0 radical (unpaired) electrons. The molecule has 1 amide bonds. The van der Waals surface area contributed by atoms with Crippen LogP contribution in [0.1, 0.15) is 23.1 Å². The molecule has 0 saturated carbocycles. The van der Waals surface area contributed by atoms with Crippen LogP contribution in [-0.4, -0.2) is 27.8 Å². The number of halogens is 2. The van der Waals surface area contributed by atoms with E-state index in [0.717, 1.165) is 5.69 Å². The molecule has 0 bridgehead atoms. The van der Waals surface area contributed by atoms with Gasteiger partial charge in [-0.25, -0.2) is 0 Å². The summed E-state index contributed by atoms with van der Waals surface area (Å²) in [5.74, 6) is -0.233. The number of benzene rings is 1. The molecule has 0 fully saturated rings. The van der Waals surface area contributed by atoms with Crippen LogP contribution in [0.25, 0.3) is 0 Å². The number of aliphatic hydroxyl groups is 1. The molecule has 21 heavy (non-hydrogen) atoms. The molecule has 0 aliphatic heterocycles. The number of aryl methyl sites for hydroxylation is 1. The maximum Gasteiger partial charge on any atom is 0.226 e. The number of carbonyl (C=O) groups is 1. The average molecular weight is 328 g/mol.